The molecule has 0 saturated carbocycles. The maximum atomic E-state index is 12.9. The fraction of sp³-hybridized carbons (Fsp3) is 0.231. The predicted molar refractivity (Wildman–Crippen MR) is 69.0 cm³/mol. The quantitative estimate of drug-likeness (QED) is 0.778. The Bertz CT molecular complexity index is 553. The number of rotatable bonds is 5. The molecule has 0 amide bonds. The normalized spacial score (nSPS) is 10.6. The molecule has 3 nitrogen and oxygen atoms in total. The van der Waals surface area contributed by atoms with Gasteiger partial charge >= 0.3 is 0 Å². The summed E-state index contributed by atoms with van der Waals surface area (Å²) in [5.74, 6) is 0.881. The molecule has 0 atom stereocenters. The Hall–Kier alpha value is -1.62. The minimum absolute atomic E-state index is 0.0820. The third-order valence-corrected chi connectivity index (χ3v) is 3.53. The Kier molecular flexibility index (Phi) is 4.15. The number of aromatic nitrogens is 2. The number of hydrogen-bond donors (Lipinski definition) is 0. The van der Waals surface area contributed by atoms with Gasteiger partial charge in [-0.1, -0.05) is 6.07 Å². The molecule has 0 aliphatic carbocycles. The topological polar surface area (TPSA) is 34.9 Å². The van der Waals surface area contributed by atoms with Crippen LogP contribution in [0.3, 0.4) is 0 Å². The lowest BCUT2D eigenvalue weighted by Gasteiger charge is -2.02. The summed E-state index contributed by atoms with van der Waals surface area (Å²) in [7, 11) is 1.86. The number of ketones is 1. The first-order valence-electron chi connectivity index (χ1n) is 5.51. The number of benzene rings is 1. The van der Waals surface area contributed by atoms with Gasteiger partial charge in [0.1, 0.15) is 11.6 Å². The molecule has 0 bridgehead atoms. The van der Waals surface area contributed by atoms with Crippen molar-refractivity contribution >= 4 is 17.5 Å². The second-order valence-corrected chi connectivity index (χ2v) is 4.96. The second-order valence-electron chi connectivity index (χ2n) is 3.92. The molecule has 94 valence electrons. The SMILES string of the molecule is Cn1ccnc1CC(=O)CSc1cccc(F)c1. The molecule has 0 radical (unpaired) electrons. The standard InChI is InChI=1S/C13H13FN2OS/c1-16-6-5-15-13(16)8-11(17)9-18-12-4-2-3-10(14)7-12/h2-7H,8-9H2,1H3. The van der Waals surface area contributed by atoms with Crippen LogP contribution in [0.1, 0.15) is 5.82 Å². The van der Waals surface area contributed by atoms with Gasteiger partial charge in [-0.2, -0.15) is 0 Å². The average molecular weight is 264 g/mol. The molecule has 0 saturated heterocycles. The molecule has 1 aromatic heterocycles. The number of hydrogen-bond acceptors (Lipinski definition) is 3. The van der Waals surface area contributed by atoms with Gasteiger partial charge in [0.2, 0.25) is 0 Å². The number of aryl methyl sites for hydroxylation is 1. The minimum Gasteiger partial charge on any atom is -0.338 e. The second kappa shape index (κ2) is 5.82. The Balaban J connectivity index is 1.87. The first-order chi connectivity index (χ1) is 8.65. The third-order valence-electron chi connectivity index (χ3n) is 2.47. The molecule has 0 unspecified atom stereocenters. The molecule has 18 heavy (non-hydrogen) atoms. The van der Waals surface area contributed by atoms with Crippen LogP contribution in [0.25, 0.3) is 0 Å². The van der Waals surface area contributed by atoms with Crippen molar-refractivity contribution in [3.63, 3.8) is 0 Å². The fourth-order valence-corrected chi connectivity index (χ4v) is 2.32. The van der Waals surface area contributed by atoms with E-state index in [-0.39, 0.29) is 11.6 Å². The first kappa shape index (κ1) is 12.8. The van der Waals surface area contributed by atoms with Crippen LogP contribution in [-0.4, -0.2) is 21.1 Å². The molecule has 0 aliphatic heterocycles. The van der Waals surface area contributed by atoms with Crippen molar-refractivity contribution in [3.05, 3.63) is 48.3 Å². The van der Waals surface area contributed by atoms with Crippen LogP contribution in [0.2, 0.25) is 0 Å². The van der Waals surface area contributed by atoms with Crippen LogP contribution in [0.15, 0.2) is 41.6 Å². The minimum atomic E-state index is -0.281. The summed E-state index contributed by atoms with van der Waals surface area (Å²) < 4.78 is 14.8. The average Bonchev–Trinajstić information content (AvgIpc) is 2.73. The number of Topliss-reactive ketones (excluding diaryl/α,β-unsaturated/α-hetero) is 1. The molecular formula is C13H13FN2OS. The number of nitrogens with zero attached hydrogens (tertiary/aromatic N) is 2. The van der Waals surface area contributed by atoms with E-state index in [1.165, 1.54) is 23.9 Å². The summed E-state index contributed by atoms with van der Waals surface area (Å²) >= 11 is 1.34. The molecule has 5 heteroatoms. The van der Waals surface area contributed by atoms with Crippen molar-refractivity contribution in [1.82, 2.24) is 9.55 Å². The Morgan fingerprint density at radius 2 is 2.33 bits per heavy atom. The van der Waals surface area contributed by atoms with E-state index >= 15 is 0 Å². The Morgan fingerprint density at radius 1 is 1.50 bits per heavy atom. The Morgan fingerprint density at radius 3 is 3.00 bits per heavy atom. The third kappa shape index (κ3) is 3.43. The van der Waals surface area contributed by atoms with Gasteiger partial charge in [-0.15, -0.1) is 11.8 Å². The maximum absolute atomic E-state index is 12.9. The van der Waals surface area contributed by atoms with E-state index < -0.39 is 0 Å². The molecule has 0 N–H and O–H groups in total. The number of thioether (sulfide) groups is 1. The molecule has 1 aromatic carbocycles. The van der Waals surface area contributed by atoms with E-state index in [9.17, 15) is 9.18 Å². The lowest BCUT2D eigenvalue weighted by atomic mass is 10.3. The van der Waals surface area contributed by atoms with Gasteiger partial charge in [0.25, 0.3) is 0 Å². The summed E-state index contributed by atoms with van der Waals surface area (Å²) in [4.78, 5) is 16.6. The lowest BCUT2D eigenvalue weighted by molar-refractivity contribution is -0.116. The molecular weight excluding hydrogens is 251 g/mol. The van der Waals surface area contributed by atoms with Crippen molar-refractivity contribution < 1.29 is 9.18 Å². The monoisotopic (exact) mass is 264 g/mol. The predicted octanol–water partition coefficient (Wildman–Crippen LogP) is 2.46. The molecule has 1 heterocycles. The highest BCUT2D eigenvalue weighted by molar-refractivity contribution is 8.00. The van der Waals surface area contributed by atoms with Gasteiger partial charge in [0, 0.05) is 24.3 Å². The summed E-state index contributed by atoms with van der Waals surface area (Å²) in [6.07, 6.45) is 3.79. The van der Waals surface area contributed by atoms with Crippen molar-refractivity contribution in [2.45, 2.75) is 11.3 Å². The zero-order chi connectivity index (χ0) is 13.0. The van der Waals surface area contributed by atoms with E-state index in [1.54, 1.807) is 18.3 Å². The zero-order valence-electron chi connectivity index (χ0n) is 9.97. The fourth-order valence-electron chi connectivity index (χ4n) is 1.51. The van der Waals surface area contributed by atoms with Gasteiger partial charge in [-0.3, -0.25) is 4.79 Å². The van der Waals surface area contributed by atoms with Crippen molar-refractivity contribution in [2.24, 2.45) is 7.05 Å². The largest absolute Gasteiger partial charge is 0.338 e. The van der Waals surface area contributed by atoms with E-state index in [2.05, 4.69) is 4.98 Å². The van der Waals surface area contributed by atoms with Crippen molar-refractivity contribution in [3.8, 4) is 0 Å². The Labute approximate surface area is 109 Å². The smallest absolute Gasteiger partial charge is 0.150 e. The van der Waals surface area contributed by atoms with Crippen LogP contribution in [0.5, 0.6) is 0 Å². The van der Waals surface area contributed by atoms with Crippen LogP contribution in [-0.2, 0) is 18.3 Å². The number of carbonyl (C=O) groups is 1. The van der Waals surface area contributed by atoms with Crippen LogP contribution >= 0.6 is 11.8 Å². The number of imidazole rings is 1. The zero-order valence-corrected chi connectivity index (χ0v) is 10.8. The highest BCUT2D eigenvalue weighted by Gasteiger charge is 2.08. The highest BCUT2D eigenvalue weighted by atomic mass is 32.2. The first-order valence-corrected chi connectivity index (χ1v) is 6.50. The lowest BCUT2D eigenvalue weighted by Crippen LogP contribution is -2.09. The van der Waals surface area contributed by atoms with Crippen molar-refractivity contribution in [1.29, 1.82) is 0 Å². The summed E-state index contributed by atoms with van der Waals surface area (Å²) in [5, 5.41) is 0. The molecule has 0 fully saturated rings. The van der Waals surface area contributed by atoms with E-state index in [0.29, 0.717) is 12.2 Å². The number of halogens is 1. The number of carbonyl (C=O) groups excluding carboxylic acids is 1. The van der Waals surface area contributed by atoms with Crippen LogP contribution in [0.4, 0.5) is 4.39 Å². The van der Waals surface area contributed by atoms with E-state index in [1.807, 2.05) is 17.8 Å². The van der Waals surface area contributed by atoms with E-state index in [4.69, 9.17) is 0 Å². The van der Waals surface area contributed by atoms with Gasteiger partial charge in [0.05, 0.1) is 12.2 Å². The van der Waals surface area contributed by atoms with Crippen LogP contribution in [0, 0.1) is 5.82 Å². The van der Waals surface area contributed by atoms with Gasteiger partial charge in [-0.25, -0.2) is 9.37 Å². The van der Waals surface area contributed by atoms with E-state index in [0.717, 1.165) is 10.7 Å². The molecule has 0 aliphatic rings. The van der Waals surface area contributed by atoms with Gasteiger partial charge in [-0.05, 0) is 18.2 Å². The highest BCUT2D eigenvalue weighted by Crippen LogP contribution is 2.18. The molecule has 0 spiro atoms. The van der Waals surface area contributed by atoms with Gasteiger partial charge in [0.15, 0.2) is 5.78 Å². The van der Waals surface area contributed by atoms with Gasteiger partial charge < -0.3 is 4.57 Å². The van der Waals surface area contributed by atoms with Crippen molar-refractivity contribution in [2.75, 3.05) is 5.75 Å². The maximum Gasteiger partial charge on any atom is 0.150 e. The summed E-state index contributed by atoms with van der Waals surface area (Å²) in [6.45, 7) is 0. The summed E-state index contributed by atoms with van der Waals surface area (Å²) in [6, 6.07) is 6.25. The summed E-state index contributed by atoms with van der Waals surface area (Å²) in [5.41, 5.74) is 0. The van der Waals surface area contributed by atoms with Crippen LogP contribution < -0.4 is 0 Å². The molecule has 2 aromatic rings. The molecule has 2 rings (SSSR count).